The number of amides is 1. The Hall–Kier alpha value is -2.43. The number of hydrogen-bond donors (Lipinski definition) is 2. The second-order valence-electron chi connectivity index (χ2n) is 4.66. The first-order valence-corrected chi connectivity index (χ1v) is 6.68. The molecule has 1 aromatic carbocycles. The molecule has 1 amide bonds. The highest BCUT2D eigenvalue weighted by atomic mass is 35.5. The number of rotatable bonds is 3. The van der Waals surface area contributed by atoms with Crippen molar-refractivity contribution >= 4 is 23.2 Å². The third kappa shape index (κ3) is 2.72. The normalized spacial score (nSPS) is 14.3. The molecule has 0 saturated carbocycles. The van der Waals surface area contributed by atoms with Crippen LogP contribution in [0.25, 0.3) is 0 Å². The van der Waals surface area contributed by atoms with Gasteiger partial charge in [-0.15, -0.1) is 5.10 Å². The Labute approximate surface area is 125 Å². The summed E-state index contributed by atoms with van der Waals surface area (Å²) in [4.78, 5) is 12.1. The smallest absolute Gasteiger partial charge is 0.277 e. The first-order valence-electron chi connectivity index (χ1n) is 6.31. The minimum atomic E-state index is -0.375. The number of hydrogen-bond acceptors (Lipinski definition) is 5. The van der Waals surface area contributed by atoms with Crippen LogP contribution in [-0.4, -0.2) is 34.0 Å². The Morgan fingerprint density at radius 3 is 3.00 bits per heavy atom. The van der Waals surface area contributed by atoms with E-state index in [1.807, 2.05) is 6.07 Å². The average Bonchev–Trinajstić information content (AvgIpc) is 2.88. The van der Waals surface area contributed by atoms with E-state index < -0.39 is 0 Å². The molecule has 0 atom stereocenters. The van der Waals surface area contributed by atoms with Crippen molar-refractivity contribution in [3.05, 3.63) is 40.7 Å². The Morgan fingerprint density at radius 2 is 2.33 bits per heavy atom. The van der Waals surface area contributed by atoms with Crippen LogP contribution in [0.3, 0.4) is 0 Å². The summed E-state index contributed by atoms with van der Waals surface area (Å²) in [6, 6.07) is 6.91. The number of halogens is 1. The molecule has 0 aliphatic carbocycles. The van der Waals surface area contributed by atoms with Crippen LogP contribution in [0, 0.1) is 11.3 Å². The lowest BCUT2D eigenvalue weighted by atomic mass is 10.2. The van der Waals surface area contributed by atoms with Gasteiger partial charge in [0.2, 0.25) is 0 Å². The van der Waals surface area contributed by atoms with Gasteiger partial charge in [-0.1, -0.05) is 16.8 Å². The summed E-state index contributed by atoms with van der Waals surface area (Å²) < 4.78 is 1.67. The Kier molecular flexibility index (Phi) is 3.56. The monoisotopic (exact) mass is 302 g/mol. The molecule has 1 saturated heterocycles. The molecule has 1 aliphatic rings. The fraction of sp³-hybridized carbons (Fsp3) is 0.231. The number of anilines is 1. The predicted molar refractivity (Wildman–Crippen MR) is 76.0 cm³/mol. The average molecular weight is 303 g/mol. The molecule has 3 rings (SSSR count). The minimum Gasteiger partial charge on any atom is -0.320 e. The van der Waals surface area contributed by atoms with Gasteiger partial charge in [-0.05, 0) is 18.2 Å². The van der Waals surface area contributed by atoms with Crippen molar-refractivity contribution in [3.63, 3.8) is 0 Å². The van der Waals surface area contributed by atoms with E-state index in [1.54, 1.807) is 23.0 Å². The zero-order valence-electron chi connectivity index (χ0n) is 10.9. The van der Waals surface area contributed by atoms with E-state index in [-0.39, 0.29) is 17.6 Å². The number of carbonyl (C=O) groups is 1. The SMILES string of the molecule is N#Cc1cc(NC(=O)c2cn(C3CNC3)nn2)ccc1Cl. The Morgan fingerprint density at radius 1 is 1.52 bits per heavy atom. The van der Waals surface area contributed by atoms with Gasteiger partial charge in [-0.2, -0.15) is 5.26 Å². The van der Waals surface area contributed by atoms with Gasteiger partial charge in [0, 0.05) is 18.8 Å². The second-order valence-corrected chi connectivity index (χ2v) is 5.06. The van der Waals surface area contributed by atoms with Gasteiger partial charge in [0.15, 0.2) is 5.69 Å². The minimum absolute atomic E-state index is 0.232. The van der Waals surface area contributed by atoms with Crippen molar-refractivity contribution < 1.29 is 4.79 Å². The highest BCUT2D eigenvalue weighted by Crippen LogP contribution is 2.20. The fourth-order valence-corrected chi connectivity index (χ4v) is 2.06. The molecule has 0 bridgehead atoms. The van der Waals surface area contributed by atoms with E-state index in [4.69, 9.17) is 16.9 Å². The van der Waals surface area contributed by atoms with Crippen molar-refractivity contribution in [1.29, 1.82) is 5.26 Å². The number of benzene rings is 1. The van der Waals surface area contributed by atoms with E-state index in [0.717, 1.165) is 13.1 Å². The van der Waals surface area contributed by atoms with Gasteiger partial charge in [0.25, 0.3) is 5.91 Å². The van der Waals surface area contributed by atoms with Crippen LogP contribution in [0.15, 0.2) is 24.4 Å². The molecule has 8 heteroatoms. The number of carbonyl (C=O) groups excluding carboxylic acids is 1. The lowest BCUT2D eigenvalue weighted by molar-refractivity contribution is 0.102. The maximum atomic E-state index is 12.1. The van der Waals surface area contributed by atoms with Crippen molar-refractivity contribution in [1.82, 2.24) is 20.3 Å². The molecular weight excluding hydrogens is 292 g/mol. The molecule has 2 heterocycles. The largest absolute Gasteiger partial charge is 0.320 e. The third-order valence-electron chi connectivity index (χ3n) is 3.22. The summed E-state index contributed by atoms with van der Waals surface area (Å²) in [7, 11) is 0. The standard InChI is InChI=1S/C13H11ClN6O/c14-11-2-1-9(3-8(11)4-15)17-13(21)12-7-20(19-18-12)10-5-16-6-10/h1-3,7,10,16H,5-6H2,(H,17,21). The number of aromatic nitrogens is 3. The molecule has 1 aliphatic heterocycles. The van der Waals surface area contributed by atoms with E-state index in [1.165, 1.54) is 6.07 Å². The zero-order chi connectivity index (χ0) is 14.8. The van der Waals surface area contributed by atoms with Gasteiger partial charge in [-0.3, -0.25) is 4.79 Å². The quantitative estimate of drug-likeness (QED) is 0.888. The molecule has 1 fully saturated rings. The van der Waals surface area contributed by atoms with Gasteiger partial charge >= 0.3 is 0 Å². The molecule has 2 N–H and O–H groups in total. The number of nitrogens with one attached hydrogen (secondary N) is 2. The number of nitrogens with zero attached hydrogens (tertiary/aromatic N) is 4. The van der Waals surface area contributed by atoms with Crippen LogP contribution < -0.4 is 10.6 Å². The van der Waals surface area contributed by atoms with Gasteiger partial charge < -0.3 is 10.6 Å². The van der Waals surface area contributed by atoms with Crippen molar-refractivity contribution in [3.8, 4) is 6.07 Å². The van der Waals surface area contributed by atoms with Crippen LogP contribution in [0.4, 0.5) is 5.69 Å². The molecule has 106 valence electrons. The van der Waals surface area contributed by atoms with E-state index in [0.29, 0.717) is 16.3 Å². The van der Waals surface area contributed by atoms with Gasteiger partial charge in [0.05, 0.1) is 22.8 Å². The van der Waals surface area contributed by atoms with Crippen molar-refractivity contribution in [2.24, 2.45) is 0 Å². The topological polar surface area (TPSA) is 95.6 Å². The lowest BCUT2D eigenvalue weighted by Gasteiger charge is -2.26. The Balaban J connectivity index is 1.74. The fourth-order valence-electron chi connectivity index (χ4n) is 1.90. The van der Waals surface area contributed by atoms with Gasteiger partial charge in [0.1, 0.15) is 6.07 Å². The second kappa shape index (κ2) is 5.52. The first kappa shape index (κ1) is 13.5. The molecular formula is C13H11ClN6O. The Bertz CT molecular complexity index is 731. The maximum absolute atomic E-state index is 12.1. The first-order chi connectivity index (χ1) is 10.2. The van der Waals surface area contributed by atoms with Crippen LogP contribution in [-0.2, 0) is 0 Å². The van der Waals surface area contributed by atoms with Crippen molar-refractivity contribution in [2.45, 2.75) is 6.04 Å². The summed E-state index contributed by atoms with van der Waals surface area (Å²) in [5.41, 5.74) is 1.02. The molecule has 0 spiro atoms. The summed E-state index contributed by atoms with van der Waals surface area (Å²) in [6.45, 7) is 1.65. The van der Waals surface area contributed by atoms with E-state index >= 15 is 0 Å². The van der Waals surface area contributed by atoms with Crippen LogP contribution >= 0.6 is 11.6 Å². The van der Waals surface area contributed by atoms with Crippen LogP contribution in [0.5, 0.6) is 0 Å². The number of nitriles is 1. The lowest BCUT2D eigenvalue weighted by Crippen LogP contribution is -2.43. The molecule has 21 heavy (non-hydrogen) atoms. The molecule has 0 unspecified atom stereocenters. The summed E-state index contributed by atoms with van der Waals surface area (Å²) in [5.74, 6) is -0.375. The van der Waals surface area contributed by atoms with Crippen LogP contribution in [0.1, 0.15) is 22.1 Å². The van der Waals surface area contributed by atoms with Gasteiger partial charge in [-0.25, -0.2) is 4.68 Å². The van der Waals surface area contributed by atoms with E-state index in [9.17, 15) is 4.79 Å². The zero-order valence-corrected chi connectivity index (χ0v) is 11.6. The predicted octanol–water partition coefficient (Wildman–Crippen LogP) is 1.20. The van der Waals surface area contributed by atoms with Crippen LogP contribution in [0.2, 0.25) is 5.02 Å². The van der Waals surface area contributed by atoms with Crippen molar-refractivity contribution in [2.75, 3.05) is 18.4 Å². The summed E-state index contributed by atoms with van der Waals surface area (Å²) in [6.07, 6.45) is 1.61. The molecule has 0 radical (unpaired) electrons. The highest BCUT2D eigenvalue weighted by Gasteiger charge is 2.21. The molecule has 2 aromatic rings. The molecule has 1 aromatic heterocycles. The molecule has 7 nitrogen and oxygen atoms in total. The summed E-state index contributed by atoms with van der Waals surface area (Å²) in [5, 5.41) is 22.8. The maximum Gasteiger partial charge on any atom is 0.277 e. The summed E-state index contributed by atoms with van der Waals surface area (Å²) >= 11 is 5.84. The third-order valence-corrected chi connectivity index (χ3v) is 3.55. The highest BCUT2D eigenvalue weighted by molar-refractivity contribution is 6.31. The van der Waals surface area contributed by atoms with E-state index in [2.05, 4.69) is 20.9 Å².